The normalized spacial score (nSPS) is 18.1. The molecule has 2 aromatic heterocycles. The quantitative estimate of drug-likeness (QED) is 0.567. The van der Waals surface area contributed by atoms with Crippen LogP contribution in [0.5, 0.6) is 11.5 Å². The number of benzene rings is 1. The summed E-state index contributed by atoms with van der Waals surface area (Å²) in [5.74, 6) is 0.569. The third-order valence-corrected chi connectivity index (χ3v) is 6.50. The Hall–Kier alpha value is -2.98. The number of halogens is 1. The van der Waals surface area contributed by atoms with E-state index in [4.69, 9.17) is 9.47 Å². The van der Waals surface area contributed by atoms with Crippen LogP contribution >= 0.6 is 12.1 Å². The van der Waals surface area contributed by atoms with Crippen LogP contribution in [0.2, 0.25) is 0 Å². The van der Waals surface area contributed by atoms with Gasteiger partial charge < -0.3 is 14.4 Å². The Labute approximate surface area is 195 Å². The van der Waals surface area contributed by atoms with E-state index in [1.807, 2.05) is 32.4 Å². The number of aromatic nitrogens is 2. The molecule has 1 amide bonds. The Morgan fingerprint density at radius 3 is 2.94 bits per heavy atom. The topological polar surface area (TPSA) is 71.3 Å². The molecule has 174 valence electrons. The van der Waals surface area contributed by atoms with Crippen molar-refractivity contribution in [2.75, 3.05) is 38.8 Å². The standard InChI is InChI=1S/C23H26FN5O3S/c1-27(2)33-26-23(30)18-14-25-29-8-6-16(13-20(18)29)28-7-3-5-19(28)17-11-15(24)12-21-22(17)32-10-4-9-31-21/h6,8,11-14,19H,3-5,7,9-10H2,1-2H3,(H,26,30). The molecule has 2 aliphatic heterocycles. The van der Waals surface area contributed by atoms with E-state index in [1.54, 1.807) is 21.1 Å². The van der Waals surface area contributed by atoms with Crippen LogP contribution < -0.4 is 19.1 Å². The highest BCUT2D eigenvalue weighted by molar-refractivity contribution is 7.95. The molecule has 3 aromatic rings. The largest absolute Gasteiger partial charge is 0.489 e. The highest BCUT2D eigenvalue weighted by atomic mass is 32.2. The maximum atomic E-state index is 14.5. The van der Waals surface area contributed by atoms with Crippen LogP contribution in [0, 0.1) is 5.82 Å². The summed E-state index contributed by atoms with van der Waals surface area (Å²) in [5, 5.41) is 4.32. The van der Waals surface area contributed by atoms with Gasteiger partial charge in [-0.15, -0.1) is 0 Å². The monoisotopic (exact) mass is 471 g/mol. The predicted octanol–water partition coefficient (Wildman–Crippen LogP) is 3.83. The zero-order chi connectivity index (χ0) is 22.9. The molecule has 0 bridgehead atoms. The number of hydrogen-bond acceptors (Lipinski definition) is 7. The van der Waals surface area contributed by atoms with Gasteiger partial charge >= 0.3 is 0 Å². The minimum Gasteiger partial charge on any atom is -0.489 e. The van der Waals surface area contributed by atoms with Gasteiger partial charge in [-0.1, -0.05) is 0 Å². The molecule has 10 heteroatoms. The van der Waals surface area contributed by atoms with Gasteiger partial charge in [-0.3, -0.25) is 9.52 Å². The second-order valence-electron chi connectivity index (χ2n) is 8.33. The summed E-state index contributed by atoms with van der Waals surface area (Å²) in [4.78, 5) is 14.9. The summed E-state index contributed by atoms with van der Waals surface area (Å²) >= 11 is 1.21. The number of ether oxygens (including phenoxy) is 2. The van der Waals surface area contributed by atoms with E-state index in [0.29, 0.717) is 35.8 Å². The summed E-state index contributed by atoms with van der Waals surface area (Å²) in [6.45, 7) is 1.88. The van der Waals surface area contributed by atoms with E-state index in [0.717, 1.165) is 37.1 Å². The van der Waals surface area contributed by atoms with Gasteiger partial charge in [0, 0.05) is 48.6 Å². The van der Waals surface area contributed by atoms with Gasteiger partial charge in [0.25, 0.3) is 5.91 Å². The summed E-state index contributed by atoms with van der Waals surface area (Å²) < 4.78 is 32.5. The van der Waals surface area contributed by atoms with Gasteiger partial charge in [0.05, 0.1) is 36.5 Å². The second-order valence-corrected chi connectivity index (χ2v) is 9.45. The third-order valence-electron chi connectivity index (χ3n) is 5.86. The van der Waals surface area contributed by atoms with Gasteiger partial charge in [-0.05, 0) is 45.1 Å². The Morgan fingerprint density at radius 1 is 1.24 bits per heavy atom. The molecular formula is C23H26FN5O3S. The van der Waals surface area contributed by atoms with Gasteiger partial charge in [-0.25, -0.2) is 13.2 Å². The Bertz CT molecular complexity index is 1180. The summed E-state index contributed by atoms with van der Waals surface area (Å²) in [7, 11) is 3.71. The van der Waals surface area contributed by atoms with E-state index in [1.165, 1.54) is 18.2 Å². The number of carbonyl (C=O) groups excluding carboxylic acids is 1. The number of nitrogens with zero attached hydrogens (tertiary/aromatic N) is 4. The molecule has 1 aromatic carbocycles. The average molecular weight is 472 g/mol. The first-order valence-corrected chi connectivity index (χ1v) is 11.8. The lowest BCUT2D eigenvalue weighted by Gasteiger charge is -2.29. The fraction of sp³-hybridized carbons (Fsp3) is 0.391. The van der Waals surface area contributed by atoms with Crippen LogP contribution in [0.15, 0.2) is 36.7 Å². The highest BCUT2D eigenvalue weighted by Gasteiger charge is 2.32. The SMILES string of the molecule is CN(C)SNC(=O)c1cnn2ccc(N3CCCC3c3cc(F)cc4c3OCCCO4)cc12. The molecule has 1 N–H and O–H groups in total. The van der Waals surface area contributed by atoms with Crippen LogP contribution in [0.1, 0.15) is 41.2 Å². The maximum absolute atomic E-state index is 14.5. The fourth-order valence-corrected chi connectivity index (χ4v) is 4.80. The molecule has 0 radical (unpaired) electrons. The van der Waals surface area contributed by atoms with Gasteiger partial charge in [0.15, 0.2) is 11.5 Å². The molecule has 0 saturated carbocycles. The molecule has 1 unspecified atom stereocenters. The molecule has 8 nitrogen and oxygen atoms in total. The number of anilines is 1. The van der Waals surface area contributed by atoms with Crippen LogP contribution in [-0.2, 0) is 0 Å². The molecule has 5 rings (SSSR count). The molecule has 1 saturated heterocycles. The molecular weight excluding hydrogens is 445 g/mol. The minimum atomic E-state index is -0.329. The first kappa shape index (κ1) is 21.8. The third kappa shape index (κ3) is 4.32. The van der Waals surface area contributed by atoms with Crippen molar-refractivity contribution in [3.8, 4) is 11.5 Å². The van der Waals surface area contributed by atoms with Gasteiger partial charge in [0.1, 0.15) is 5.82 Å². The number of pyridine rings is 1. The van der Waals surface area contributed by atoms with Crippen LogP contribution in [0.4, 0.5) is 10.1 Å². The number of rotatable bonds is 5. The first-order valence-electron chi connectivity index (χ1n) is 11.0. The summed E-state index contributed by atoms with van der Waals surface area (Å²) in [6.07, 6.45) is 6.02. The van der Waals surface area contributed by atoms with Crippen LogP contribution in [-0.4, -0.2) is 53.7 Å². The second kappa shape index (κ2) is 9.11. The Kier molecular flexibility index (Phi) is 6.03. The number of hydrogen-bond donors (Lipinski definition) is 1. The van der Waals surface area contributed by atoms with Gasteiger partial charge in [0.2, 0.25) is 0 Å². The van der Waals surface area contributed by atoms with Crippen molar-refractivity contribution >= 4 is 29.2 Å². The van der Waals surface area contributed by atoms with Crippen molar-refractivity contribution in [1.29, 1.82) is 0 Å². The van der Waals surface area contributed by atoms with Crippen LogP contribution in [0.25, 0.3) is 5.52 Å². The minimum absolute atomic E-state index is 0.0527. The van der Waals surface area contributed by atoms with E-state index >= 15 is 0 Å². The molecule has 4 heterocycles. The number of amides is 1. The number of nitrogens with one attached hydrogen (secondary N) is 1. The van der Waals surface area contributed by atoms with Crippen molar-refractivity contribution in [3.63, 3.8) is 0 Å². The summed E-state index contributed by atoms with van der Waals surface area (Å²) in [6, 6.07) is 6.85. The molecule has 33 heavy (non-hydrogen) atoms. The first-order chi connectivity index (χ1) is 16.0. The average Bonchev–Trinajstić information content (AvgIpc) is 3.38. The lowest BCUT2D eigenvalue weighted by atomic mass is 10.0. The van der Waals surface area contributed by atoms with E-state index < -0.39 is 0 Å². The number of carbonyl (C=O) groups is 1. The fourth-order valence-electron chi connectivity index (χ4n) is 4.42. The van der Waals surface area contributed by atoms with Crippen molar-refractivity contribution in [2.24, 2.45) is 0 Å². The van der Waals surface area contributed by atoms with Gasteiger partial charge in [-0.2, -0.15) is 5.10 Å². The Morgan fingerprint density at radius 2 is 2.09 bits per heavy atom. The van der Waals surface area contributed by atoms with Crippen molar-refractivity contribution in [2.45, 2.75) is 25.3 Å². The lowest BCUT2D eigenvalue weighted by molar-refractivity contribution is 0.0985. The molecule has 0 aliphatic carbocycles. The van der Waals surface area contributed by atoms with E-state index in [9.17, 15) is 9.18 Å². The van der Waals surface area contributed by atoms with Crippen molar-refractivity contribution in [1.82, 2.24) is 18.6 Å². The lowest BCUT2D eigenvalue weighted by Crippen LogP contribution is -2.23. The molecule has 1 fully saturated rings. The van der Waals surface area contributed by atoms with Crippen molar-refractivity contribution < 1.29 is 18.7 Å². The zero-order valence-electron chi connectivity index (χ0n) is 18.6. The highest BCUT2D eigenvalue weighted by Crippen LogP contribution is 2.45. The molecule has 0 spiro atoms. The van der Waals surface area contributed by atoms with Crippen molar-refractivity contribution in [3.05, 3.63) is 53.6 Å². The van der Waals surface area contributed by atoms with Crippen LogP contribution in [0.3, 0.4) is 0 Å². The smallest absolute Gasteiger partial charge is 0.265 e. The molecule has 1 atom stereocenters. The zero-order valence-corrected chi connectivity index (χ0v) is 19.4. The predicted molar refractivity (Wildman–Crippen MR) is 125 cm³/mol. The molecule has 2 aliphatic rings. The Balaban J connectivity index is 1.50. The van der Waals surface area contributed by atoms with E-state index in [2.05, 4.69) is 14.7 Å². The summed E-state index contributed by atoms with van der Waals surface area (Å²) in [5.41, 5.74) is 2.97. The van der Waals surface area contributed by atoms with E-state index in [-0.39, 0.29) is 17.8 Å². The number of fused-ring (bicyclic) bond motifs is 2. The maximum Gasteiger partial charge on any atom is 0.265 e.